The fourth-order valence-corrected chi connectivity index (χ4v) is 1.58. The zero-order chi connectivity index (χ0) is 12.3. The lowest BCUT2D eigenvalue weighted by Crippen LogP contribution is -2.22. The van der Waals surface area contributed by atoms with E-state index in [0.29, 0.717) is 12.1 Å². The number of phenolic OH excluding ortho intramolecular Hbond substituents is 1. The summed E-state index contributed by atoms with van der Waals surface area (Å²) >= 11 is 0. The van der Waals surface area contributed by atoms with E-state index in [0.717, 1.165) is 11.1 Å². The van der Waals surface area contributed by atoms with Crippen LogP contribution in [0.1, 0.15) is 21.5 Å². The third-order valence-corrected chi connectivity index (χ3v) is 2.51. The standard InChI is InChI=1S/C13H14N2O2/c1-9-2-3-12(16)11(6-9)13(17)15-8-10-4-5-14-7-10/h2-7,14,16H,8H2,1H3,(H,15,17). The van der Waals surface area contributed by atoms with Gasteiger partial charge in [-0.15, -0.1) is 0 Å². The molecule has 0 unspecified atom stereocenters. The summed E-state index contributed by atoms with van der Waals surface area (Å²) in [7, 11) is 0. The molecule has 0 fully saturated rings. The van der Waals surface area contributed by atoms with Crippen LogP contribution in [-0.2, 0) is 6.54 Å². The summed E-state index contributed by atoms with van der Waals surface area (Å²) in [5.41, 5.74) is 2.24. The summed E-state index contributed by atoms with van der Waals surface area (Å²) in [5, 5.41) is 12.3. The van der Waals surface area contributed by atoms with Crippen LogP contribution in [0.2, 0.25) is 0 Å². The van der Waals surface area contributed by atoms with Crippen molar-refractivity contribution in [2.75, 3.05) is 0 Å². The minimum atomic E-state index is -0.271. The molecule has 17 heavy (non-hydrogen) atoms. The van der Waals surface area contributed by atoms with Crippen LogP contribution in [0.15, 0.2) is 36.7 Å². The molecule has 0 spiro atoms. The van der Waals surface area contributed by atoms with Gasteiger partial charge in [0.1, 0.15) is 5.75 Å². The van der Waals surface area contributed by atoms with Gasteiger partial charge in [0, 0.05) is 18.9 Å². The Morgan fingerprint density at radius 1 is 1.41 bits per heavy atom. The van der Waals surface area contributed by atoms with Crippen LogP contribution in [0, 0.1) is 6.92 Å². The number of carbonyl (C=O) groups is 1. The molecule has 0 bridgehead atoms. The highest BCUT2D eigenvalue weighted by molar-refractivity contribution is 5.96. The van der Waals surface area contributed by atoms with E-state index in [1.54, 1.807) is 18.3 Å². The van der Waals surface area contributed by atoms with Crippen LogP contribution in [0.25, 0.3) is 0 Å². The lowest BCUT2D eigenvalue weighted by Gasteiger charge is -2.06. The van der Waals surface area contributed by atoms with Gasteiger partial charge < -0.3 is 15.4 Å². The van der Waals surface area contributed by atoms with E-state index in [2.05, 4.69) is 10.3 Å². The fourth-order valence-electron chi connectivity index (χ4n) is 1.58. The van der Waals surface area contributed by atoms with Gasteiger partial charge in [-0.05, 0) is 30.7 Å². The zero-order valence-electron chi connectivity index (χ0n) is 9.53. The number of aryl methyl sites for hydroxylation is 1. The maximum atomic E-state index is 11.8. The largest absolute Gasteiger partial charge is 0.507 e. The summed E-state index contributed by atoms with van der Waals surface area (Å²) < 4.78 is 0. The van der Waals surface area contributed by atoms with Gasteiger partial charge in [-0.2, -0.15) is 0 Å². The molecule has 0 aliphatic carbocycles. The number of aromatic nitrogens is 1. The number of carbonyl (C=O) groups excluding carboxylic acids is 1. The molecule has 0 aliphatic heterocycles. The molecule has 0 saturated carbocycles. The van der Waals surface area contributed by atoms with E-state index < -0.39 is 0 Å². The van der Waals surface area contributed by atoms with Crippen molar-refractivity contribution in [3.05, 3.63) is 53.3 Å². The predicted octanol–water partition coefficient (Wildman–Crippen LogP) is 1.96. The molecule has 0 radical (unpaired) electrons. The van der Waals surface area contributed by atoms with Gasteiger partial charge in [0.25, 0.3) is 5.91 Å². The first-order chi connectivity index (χ1) is 8.16. The maximum Gasteiger partial charge on any atom is 0.255 e. The van der Waals surface area contributed by atoms with Crippen molar-refractivity contribution < 1.29 is 9.90 Å². The molecule has 2 aromatic rings. The molecule has 1 heterocycles. The third-order valence-electron chi connectivity index (χ3n) is 2.51. The van der Waals surface area contributed by atoms with Crippen molar-refractivity contribution in [2.45, 2.75) is 13.5 Å². The van der Waals surface area contributed by atoms with Gasteiger partial charge in [-0.3, -0.25) is 4.79 Å². The van der Waals surface area contributed by atoms with Crippen LogP contribution >= 0.6 is 0 Å². The molecular formula is C13H14N2O2. The van der Waals surface area contributed by atoms with E-state index in [-0.39, 0.29) is 11.7 Å². The van der Waals surface area contributed by atoms with Gasteiger partial charge >= 0.3 is 0 Å². The number of aromatic hydroxyl groups is 1. The van der Waals surface area contributed by atoms with E-state index in [1.807, 2.05) is 19.2 Å². The summed E-state index contributed by atoms with van der Waals surface area (Å²) in [6, 6.07) is 6.84. The first-order valence-corrected chi connectivity index (χ1v) is 5.36. The number of hydrogen-bond donors (Lipinski definition) is 3. The minimum Gasteiger partial charge on any atom is -0.507 e. The first kappa shape index (κ1) is 11.3. The number of benzene rings is 1. The Labute approximate surface area is 99.3 Å². The molecule has 0 atom stereocenters. The van der Waals surface area contributed by atoms with Crippen molar-refractivity contribution in [1.29, 1.82) is 0 Å². The molecule has 0 saturated heterocycles. The maximum absolute atomic E-state index is 11.8. The van der Waals surface area contributed by atoms with E-state index >= 15 is 0 Å². The van der Waals surface area contributed by atoms with E-state index in [4.69, 9.17) is 0 Å². The Morgan fingerprint density at radius 2 is 2.24 bits per heavy atom. The number of amides is 1. The van der Waals surface area contributed by atoms with Crippen molar-refractivity contribution in [1.82, 2.24) is 10.3 Å². The van der Waals surface area contributed by atoms with Crippen LogP contribution in [0.4, 0.5) is 0 Å². The second-order valence-corrected chi connectivity index (χ2v) is 3.92. The SMILES string of the molecule is Cc1ccc(O)c(C(=O)NCc2cc[nH]c2)c1. The second kappa shape index (κ2) is 4.74. The Kier molecular flexibility index (Phi) is 3.14. The Hall–Kier alpha value is -2.23. The van der Waals surface area contributed by atoms with Gasteiger partial charge in [-0.1, -0.05) is 11.6 Å². The predicted molar refractivity (Wildman–Crippen MR) is 64.8 cm³/mol. The average molecular weight is 230 g/mol. The summed E-state index contributed by atoms with van der Waals surface area (Å²) in [6.45, 7) is 2.32. The second-order valence-electron chi connectivity index (χ2n) is 3.92. The normalized spacial score (nSPS) is 10.2. The van der Waals surface area contributed by atoms with E-state index in [9.17, 15) is 9.90 Å². The monoisotopic (exact) mass is 230 g/mol. The van der Waals surface area contributed by atoms with Crippen molar-refractivity contribution in [2.24, 2.45) is 0 Å². The Morgan fingerprint density at radius 3 is 2.94 bits per heavy atom. The summed E-state index contributed by atoms with van der Waals surface area (Å²) in [5.74, 6) is -0.269. The first-order valence-electron chi connectivity index (χ1n) is 5.36. The van der Waals surface area contributed by atoms with Crippen LogP contribution in [0.3, 0.4) is 0 Å². The van der Waals surface area contributed by atoms with Gasteiger partial charge in [0.15, 0.2) is 0 Å². The molecule has 4 heteroatoms. The van der Waals surface area contributed by atoms with Crippen LogP contribution in [0.5, 0.6) is 5.75 Å². The third kappa shape index (κ3) is 2.66. The fraction of sp³-hybridized carbons (Fsp3) is 0.154. The number of nitrogens with one attached hydrogen (secondary N) is 2. The lowest BCUT2D eigenvalue weighted by molar-refractivity contribution is 0.0948. The number of rotatable bonds is 3. The number of H-pyrrole nitrogens is 1. The molecule has 3 N–H and O–H groups in total. The molecule has 2 rings (SSSR count). The van der Waals surface area contributed by atoms with Crippen LogP contribution in [-0.4, -0.2) is 16.0 Å². The smallest absolute Gasteiger partial charge is 0.255 e. The van der Waals surface area contributed by atoms with Gasteiger partial charge in [-0.25, -0.2) is 0 Å². The van der Waals surface area contributed by atoms with Crippen molar-refractivity contribution in [3.8, 4) is 5.75 Å². The molecule has 1 aromatic heterocycles. The van der Waals surface area contributed by atoms with Gasteiger partial charge in [0.05, 0.1) is 5.56 Å². The Bertz CT molecular complexity index is 518. The highest BCUT2D eigenvalue weighted by atomic mass is 16.3. The minimum absolute atomic E-state index is 0.00201. The number of hydrogen-bond acceptors (Lipinski definition) is 2. The zero-order valence-corrected chi connectivity index (χ0v) is 9.53. The van der Waals surface area contributed by atoms with E-state index in [1.165, 1.54) is 6.07 Å². The van der Waals surface area contributed by atoms with Gasteiger partial charge in [0.2, 0.25) is 0 Å². The highest BCUT2D eigenvalue weighted by Crippen LogP contribution is 2.17. The molecule has 88 valence electrons. The highest BCUT2D eigenvalue weighted by Gasteiger charge is 2.10. The van der Waals surface area contributed by atoms with Crippen molar-refractivity contribution in [3.63, 3.8) is 0 Å². The van der Waals surface area contributed by atoms with Crippen molar-refractivity contribution >= 4 is 5.91 Å². The quantitative estimate of drug-likeness (QED) is 0.754. The molecule has 0 aliphatic rings. The molecule has 1 aromatic carbocycles. The molecule has 1 amide bonds. The topological polar surface area (TPSA) is 65.1 Å². The molecular weight excluding hydrogens is 216 g/mol. The summed E-state index contributed by atoms with van der Waals surface area (Å²) in [6.07, 6.45) is 3.61. The average Bonchev–Trinajstić information content (AvgIpc) is 2.82. The number of phenols is 1. The summed E-state index contributed by atoms with van der Waals surface area (Å²) in [4.78, 5) is 14.7. The lowest BCUT2D eigenvalue weighted by atomic mass is 10.1. The molecule has 4 nitrogen and oxygen atoms in total. The van der Waals surface area contributed by atoms with Crippen LogP contribution < -0.4 is 5.32 Å². The number of aromatic amines is 1. The Balaban J connectivity index is 2.07.